The summed E-state index contributed by atoms with van der Waals surface area (Å²) in [5.41, 5.74) is 1.15. The maximum absolute atomic E-state index is 11.5. The third-order valence-electron chi connectivity index (χ3n) is 12.4. The van der Waals surface area contributed by atoms with E-state index < -0.39 is 39.4 Å². The van der Waals surface area contributed by atoms with Gasteiger partial charge in [0.05, 0.1) is 24.4 Å². The van der Waals surface area contributed by atoms with Crippen LogP contribution in [-0.2, 0) is 17.7 Å². The Hall–Kier alpha value is -0.292. The van der Waals surface area contributed by atoms with Crippen LogP contribution in [0, 0.1) is 12.3 Å². The van der Waals surface area contributed by atoms with E-state index in [1.165, 1.54) is 0 Å². The van der Waals surface area contributed by atoms with Gasteiger partial charge in [-0.1, -0.05) is 107 Å². The maximum Gasteiger partial charge on any atom is 0.192 e. The molecule has 0 aliphatic heterocycles. The van der Waals surface area contributed by atoms with Crippen LogP contribution in [0.25, 0.3) is 0 Å². The fraction of sp³-hybridized carbons (Fsp3) is 0.857. The molecule has 0 bridgehead atoms. The van der Waals surface area contributed by atoms with Crippen LogP contribution < -0.4 is 0 Å². The molecule has 0 fully saturated rings. The van der Waals surface area contributed by atoms with Crippen LogP contribution in [0.2, 0.25) is 72.5 Å². The molecule has 9 heteroatoms. The minimum atomic E-state index is -2.12. The summed E-state index contributed by atoms with van der Waals surface area (Å²) >= 11 is 0. The molecule has 0 saturated heterocycles. The Kier molecular flexibility index (Phi) is 18.9. The third kappa shape index (κ3) is 17.4. The van der Waals surface area contributed by atoms with E-state index in [1.54, 1.807) is 0 Å². The van der Waals surface area contributed by atoms with E-state index in [-0.39, 0.29) is 44.6 Å². The lowest BCUT2D eigenvalue weighted by Crippen LogP contribution is -2.47. The van der Waals surface area contributed by atoms with Crippen molar-refractivity contribution in [2.24, 2.45) is 0 Å². The van der Waals surface area contributed by atoms with Gasteiger partial charge in [-0.05, 0) is 118 Å². The van der Waals surface area contributed by atoms with E-state index in [2.05, 4.69) is 167 Å². The highest BCUT2D eigenvalue weighted by Crippen LogP contribution is 2.42. The summed E-state index contributed by atoms with van der Waals surface area (Å²) in [4.78, 5) is 0. The van der Waals surface area contributed by atoms with Gasteiger partial charge in [0.15, 0.2) is 33.3 Å². The number of hydrogen-bond donors (Lipinski definition) is 1. The molecule has 0 aliphatic rings. The average Bonchev–Trinajstić information content (AvgIpc) is 2.84. The van der Waals surface area contributed by atoms with Gasteiger partial charge in [-0.3, -0.25) is 0 Å². The predicted octanol–water partition coefficient (Wildman–Crippen LogP) is 13.0. The largest absolute Gasteiger partial charge is 0.414 e. The summed E-state index contributed by atoms with van der Waals surface area (Å²) in [6.07, 6.45) is 14.7. The number of allylic oxidation sites excluding steroid dienone is 1. The van der Waals surface area contributed by atoms with Crippen LogP contribution >= 0.6 is 0 Å². The van der Waals surface area contributed by atoms with Gasteiger partial charge in [0.2, 0.25) is 0 Å². The zero-order chi connectivity index (χ0) is 40.7. The van der Waals surface area contributed by atoms with Crippen LogP contribution in [0.3, 0.4) is 0 Å². The lowest BCUT2D eigenvalue weighted by atomic mass is 10.0. The fourth-order valence-corrected chi connectivity index (χ4v) is 10.5. The first kappa shape index (κ1) is 50.7. The standard InChI is InChI=1S/C42H86O5Si4/c1-24-26-33(2)29-38(47-51(22,23)42(13,14)15)32-37(46-50(20,21)41(10,11)12)28-25-27-36(45-49(18,19)40(7,8)9)31-35(43)30-34(3)44-48(16,17)39(4,5)6/h1,25-26,28,34-38,43H,27,29-32H2,2-23H3/b28-25+,33-26+/t34-,35-,36+,37-,38+/m1/s1. The summed E-state index contributed by atoms with van der Waals surface area (Å²) in [5, 5.41) is 11.8. The van der Waals surface area contributed by atoms with E-state index in [1.807, 2.05) is 6.08 Å². The second-order valence-electron chi connectivity index (χ2n) is 21.5. The zero-order valence-corrected chi connectivity index (χ0v) is 41.8. The summed E-state index contributed by atoms with van der Waals surface area (Å²) in [5.74, 6) is 2.72. The SMILES string of the molecule is C#C/C=C(\C)C[C@@H](C[C@@H](/C=C/C[C@@H](C[C@H](O)C[C@@H](C)O[Si](C)(C)C(C)(C)C)O[Si](C)(C)C(C)(C)C)O[Si](C)(C)C(C)(C)C)O[Si](C)(C)C(C)(C)C. The number of aliphatic hydroxyl groups is 1. The molecule has 0 aromatic heterocycles. The second kappa shape index (κ2) is 19.0. The molecule has 0 aromatic carbocycles. The Morgan fingerprint density at radius 3 is 1.43 bits per heavy atom. The summed E-state index contributed by atoms with van der Waals surface area (Å²) in [6.45, 7) is 50.1. The quantitative estimate of drug-likeness (QED) is 0.0803. The molecular formula is C42H86O5Si4. The third-order valence-corrected chi connectivity index (χ3v) is 30.5. The van der Waals surface area contributed by atoms with Crippen molar-refractivity contribution in [1.82, 2.24) is 0 Å². The van der Waals surface area contributed by atoms with Crippen molar-refractivity contribution in [2.75, 3.05) is 0 Å². The maximum atomic E-state index is 11.5. The first-order valence-electron chi connectivity index (χ1n) is 19.7. The van der Waals surface area contributed by atoms with E-state index in [9.17, 15) is 5.11 Å². The van der Waals surface area contributed by atoms with Gasteiger partial charge in [0.1, 0.15) is 0 Å². The highest BCUT2D eigenvalue weighted by Gasteiger charge is 2.43. The van der Waals surface area contributed by atoms with E-state index >= 15 is 0 Å². The van der Waals surface area contributed by atoms with Crippen molar-refractivity contribution in [3.8, 4) is 12.3 Å². The summed E-state index contributed by atoms with van der Waals surface area (Å²) < 4.78 is 27.9. The molecule has 300 valence electrons. The molecule has 0 aliphatic carbocycles. The minimum absolute atomic E-state index is 0.0154. The lowest BCUT2D eigenvalue weighted by molar-refractivity contribution is 0.0523. The normalized spacial score (nSPS) is 18.0. The topological polar surface area (TPSA) is 57.2 Å². The lowest BCUT2D eigenvalue weighted by Gasteiger charge is -2.42. The smallest absolute Gasteiger partial charge is 0.192 e. The Morgan fingerprint density at radius 1 is 0.627 bits per heavy atom. The molecule has 0 radical (unpaired) electrons. The van der Waals surface area contributed by atoms with E-state index in [4.69, 9.17) is 24.1 Å². The van der Waals surface area contributed by atoms with Crippen molar-refractivity contribution in [1.29, 1.82) is 0 Å². The second-order valence-corrected chi connectivity index (χ2v) is 40.5. The first-order chi connectivity index (χ1) is 22.5. The molecule has 0 unspecified atom stereocenters. The van der Waals surface area contributed by atoms with Crippen molar-refractivity contribution < 1.29 is 22.8 Å². The fourth-order valence-electron chi connectivity index (χ4n) is 4.99. The Bertz CT molecular complexity index is 1150. The van der Waals surface area contributed by atoms with Crippen LogP contribution in [0.1, 0.15) is 129 Å². The van der Waals surface area contributed by atoms with Crippen molar-refractivity contribution in [2.45, 2.75) is 232 Å². The number of hydrogen-bond acceptors (Lipinski definition) is 5. The summed E-state index contributed by atoms with van der Waals surface area (Å²) in [7, 11) is -8.24. The van der Waals surface area contributed by atoms with Crippen LogP contribution in [-0.4, -0.2) is 68.9 Å². The van der Waals surface area contributed by atoms with Gasteiger partial charge in [0, 0.05) is 12.5 Å². The monoisotopic (exact) mass is 783 g/mol. The highest BCUT2D eigenvalue weighted by molar-refractivity contribution is 6.75. The Balaban J connectivity index is 6.59. The molecular weight excluding hydrogens is 697 g/mol. The Morgan fingerprint density at radius 2 is 1.02 bits per heavy atom. The average molecular weight is 783 g/mol. The number of aliphatic hydroxyl groups excluding tert-OH is 1. The first-order valence-corrected chi connectivity index (χ1v) is 31.3. The minimum Gasteiger partial charge on any atom is -0.414 e. The van der Waals surface area contributed by atoms with Gasteiger partial charge in [-0.25, -0.2) is 0 Å². The van der Waals surface area contributed by atoms with Crippen LogP contribution in [0.5, 0.6) is 0 Å². The molecule has 0 rings (SSSR count). The van der Waals surface area contributed by atoms with Gasteiger partial charge in [0.25, 0.3) is 0 Å². The highest BCUT2D eigenvalue weighted by atomic mass is 28.4. The molecule has 0 saturated carbocycles. The Labute approximate surface area is 323 Å². The van der Waals surface area contributed by atoms with Gasteiger partial charge in [-0.15, -0.1) is 6.42 Å². The molecule has 0 amide bonds. The predicted molar refractivity (Wildman–Crippen MR) is 235 cm³/mol. The molecule has 0 spiro atoms. The zero-order valence-electron chi connectivity index (χ0n) is 37.8. The van der Waals surface area contributed by atoms with E-state index in [0.717, 1.165) is 18.4 Å². The molecule has 51 heavy (non-hydrogen) atoms. The molecule has 0 heterocycles. The van der Waals surface area contributed by atoms with Gasteiger partial charge >= 0.3 is 0 Å². The van der Waals surface area contributed by atoms with Crippen LogP contribution in [0.4, 0.5) is 0 Å². The van der Waals surface area contributed by atoms with Gasteiger partial charge in [-0.2, -0.15) is 0 Å². The number of rotatable bonds is 19. The van der Waals surface area contributed by atoms with Crippen LogP contribution in [0.15, 0.2) is 23.8 Å². The van der Waals surface area contributed by atoms with Crippen molar-refractivity contribution >= 4 is 33.3 Å². The number of terminal acetylenes is 1. The molecule has 5 nitrogen and oxygen atoms in total. The summed E-state index contributed by atoms with van der Waals surface area (Å²) in [6, 6.07) is 0. The molecule has 5 atom stereocenters. The molecule has 0 aromatic rings. The van der Waals surface area contributed by atoms with Gasteiger partial charge < -0.3 is 22.8 Å². The van der Waals surface area contributed by atoms with Crippen molar-refractivity contribution in [3.63, 3.8) is 0 Å². The molecule has 1 N–H and O–H groups in total. The van der Waals surface area contributed by atoms with E-state index in [0.29, 0.717) is 19.3 Å². The van der Waals surface area contributed by atoms with Crippen molar-refractivity contribution in [3.05, 3.63) is 23.8 Å².